The molecule has 1 aromatic heterocycles. The first-order valence-corrected chi connectivity index (χ1v) is 11.9. The SMILES string of the molecule is COc1ccc(S(=O)(=O)NCC2CCC(C(=O)Nc3ccc4cc[nH]c4c3)CC2)cc1. The molecule has 7 nitrogen and oxygen atoms in total. The maximum atomic E-state index is 12.7. The number of methoxy groups -OCH3 is 1. The van der Waals surface area contributed by atoms with Crippen LogP contribution in [0, 0.1) is 11.8 Å². The maximum Gasteiger partial charge on any atom is 0.240 e. The summed E-state index contributed by atoms with van der Waals surface area (Å²) in [4.78, 5) is 16.0. The average Bonchev–Trinajstić information content (AvgIpc) is 3.26. The van der Waals surface area contributed by atoms with Gasteiger partial charge in [-0.1, -0.05) is 6.07 Å². The van der Waals surface area contributed by atoms with E-state index >= 15 is 0 Å². The molecule has 1 heterocycles. The number of anilines is 1. The minimum Gasteiger partial charge on any atom is -0.497 e. The molecule has 1 fully saturated rings. The number of H-pyrrole nitrogens is 1. The fraction of sp³-hybridized carbons (Fsp3) is 0.348. The number of fused-ring (bicyclic) bond motifs is 1. The molecule has 0 aliphatic heterocycles. The number of ether oxygens (including phenoxy) is 1. The summed E-state index contributed by atoms with van der Waals surface area (Å²) >= 11 is 0. The molecular formula is C23H27N3O4S. The minimum absolute atomic E-state index is 0.0307. The predicted molar refractivity (Wildman–Crippen MR) is 121 cm³/mol. The van der Waals surface area contributed by atoms with Crippen LogP contribution in [0.25, 0.3) is 10.9 Å². The zero-order valence-electron chi connectivity index (χ0n) is 17.4. The summed E-state index contributed by atoms with van der Waals surface area (Å²) in [6, 6.07) is 14.1. The second-order valence-corrected chi connectivity index (χ2v) is 9.78. The minimum atomic E-state index is -3.56. The number of carbonyl (C=O) groups excluding carboxylic acids is 1. The van der Waals surface area contributed by atoms with Gasteiger partial charge in [-0.2, -0.15) is 0 Å². The number of carbonyl (C=O) groups is 1. The Labute approximate surface area is 182 Å². The molecule has 0 unspecified atom stereocenters. The molecule has 2 aromatic carbocycles. The van der Waals surface area contributed by atoms with Crippen LogP contribution in [0.5, 0.6) is 5.75 Å². The number of hydrogen-bond acceptors (Lipinski definition) is 4. The van der Waals surface area contributed by atoms with Gasteiger partial charge in [0.2, 0.25) is 15.9 Å². The van der Waals surface area contributed by atoms with Crippen molar-refractivity contribution >= 4 is 32.5 Å². The van der Waals surface area contributed by atoms with Crippen LogP contribution in [0.4, 0.5) is 5.69 Å². The van der Waals surface area contributed by atoms with E-state index in [-0.39, 0.29) is 22.6 Å². The van der Waals surface area contributed by atoms with Crippen LogP contribution in [0.1, 0.15) is 25.7 Å². The molecule has 3 aromatic rings. The number of hydrogen-bond donors (Lipinski definition) is 3. The molecule has 1 amide bonds. The van der Waals surface area contributed by atoms with Crippen LogP contribution in [0.3, 0.4) is 0 Å². The second-order valence-electron chi connectivity index (χ2n) is 8.01. The van der Waals surface area contributed by atoms with Crippen molar-refractivity contribution in [1.29, 1.82) is 0 Å². The van der Waals surface area contributed by atoms with Crippen LogP contribution < -0.4 is 14.8 Å². The van der Waals surface area contributed by atoms with Crippen molar-refractivity contribution in [3.63, 3.8) is 0 Å². The molecule has 3 N–H and O–H groups in total. The summed E-state index contributed by atoms with van der Waals surface area (Å²) in [5.41, 5.74) is 1.78. The molecule has 0 atom stereocenters. The zero-order valence-corrected chi connectivity index (χ0v) is 18.2. The van der Waals surface area contributed by atoms with Gasteiger partial charge in [0, 0.05) is 29.9 Å². The molecule has 0 spiro atoms. The predicted octanol–water partition coefficient (Wildman–Crippen LogP) is 3.90. The van der Waals surface area contributed by atoms with E-state index in [2.05, 4.69) is 15.0 Å². The van der Waals surface area contributed by atoms with Gasteiger partial charge in [-0.25, -0.2) is 13.1 Å². The van der Waals surface area contributed by atoms with E-state index in [0.717, 1.165) is 42.3 Å². The van der Waals surface area contributed by atoms with Crippen molar-refractivity contribution in [3.8, 4) is 5.75 Å². The van der Waals surface area contributed by atoms with Crippen molar-refractivity contribution in [1.82, 2.24) is 9.71 Å². The summed E-state index contributed by atoms with van der Waals surface area (Å²) in [5, 5.41) is 4.12. The third-order valence-electron chi connectivity index (χ3n) is 5.97. The number of benzene rings is 2. The Balaban J connectivity index is 1.26. The van der Waals surface area contributed by atoms with Gasteiger partial charge in [0.15, 0.2) is 0 Å². The van der Waals surface area contributed by atoms with Gasteiger partial charge in [0.05, 0.1) is 12.0 Å². The molecule has 0 bridgehead atoms. The molecule has 164 valence electrons. The van der Waals surface area contributed by atoms with E-state index in [1.54, 1.807) is 19.2 Å². The molecule has 1 aliphatic rings. The van der Waals surface area contributed by atoms with Gasteiger partial charge in [-0.15, -0.1) is 0 Å². The van der Waals surface area contributed by atoms with Gasteiger partial charge in [-0.05, 0) is 79.5 Å². The Kier molecular flexibility index (Phi) is 6.29. The maximum absolute atomic E-state index is 12.7. The van der Waals surface area contributed by atoms with Crippen LogP contribution in [0.2, 0.25) is 0 Å². The molecule has 0 saturated heterocycles. The highest BCUT2D eigenvalue weighted by atomic mass is 32.2. The first kappa shape index (κ1) is 21.4. The van der Waals surface area contributed by atoms with E-state index < -0.39 is 10.0 Å². The Morgan fingerprint density at radius 2 is 1.81 bits per heavy atom. The summed E-state index contributed by atoms with van der Waals surface area (Å²) in [7, 11) is -2.02. The summed E-state index contributed by atoms with van der Waals surface area (Å²) < 4.78 is 32.8. The van der Waals surface area contributed by atoms with Crippen molar-refractivity contribution in [2.45, 2.75) is 30.6 Å². The van der Waals surface area contributed by atoms with Crippen molar-refractivity contribution in [2.24, 2.45) is 11.8 Å². The van der Waals surface area contributed by atoms with Gasteiger partial charge in [0.25, 0.3) is 0 Å². The van der Waals surface area contributed by atoms with Crippen LogP contribution >= 0.6 is 0 Å². The highest BCUT2D eigenvalue weighted by Gasteiger charge is 2.27. The molecule has 4 rings (SSSR count). The van der Waals surface area contributed by atoms with Crippen LogP contribution in [0.15, 0.2) is 59.6 Å². The lowest BCUT2D eigenvalue weighted by molar-refractivity contribution is -0.121. The largest absolute Gasteiger partial charge is 0.497 e. The normalized spacial score (nSPS) is 19.3. The summed E-state index contributed by atoms with van der Waals surface area (Å²) in [6.07, 6.45) is 5.02. The Bertz CT molecular complexity index is 1150. The first-order valence-electron chi connectivity index (χ1n) is 10.5. The van der Waals surface area contributed by atoms with Crippen molar-refractivity contribution in [2.75, 3.05) is 19.0 Å². The van der Waals surface area contributed by atoms with Gasteiger partial charge < -0.3 is 15.0 Å². The Morgan fingerprint density at radius 3 is 2.52 bits per heavy atom. The molecule has 8 heteroatoms. The van der Waals surface area contributed by atoms with E-state index in [1.165, 1.54) is 12.1 Å². The number of rotatable bonds is 7. The lowest BCUT2D eigenvalue weighted by Crippen LogP contribution is -2.33. The lowest BCUT2D eigenvalue weighted by Gasteiger charge is -2.28. The Morgan fingerprint density at radius 1 is 1.06 bits per heavy atom. The van der Waals surface area contributed by atoms with E-state index in [4.69, 9.17) is 4.74 Å². The van der Waals surface area contributed by atoms with Crippen LogP contribution in [-0.4, -0.2) is 33.0 Å². The fourth-order valence-corrected chi connectivity index (χ4v) is 5.18. The molecule has 31 heavy (non-hydrogen) atoms. The summed E-state index contributed by atoms with van der Waals surface area (Å²) in [5.74, 6) is 0.827. The zero-order chi connectivity index (χ0) is 21.8. The number of aromatic nitrogens is 1. The highest BCUT2D eigenvalue weighted by Crippen LogP contribution is 2.30. The van der Waals surface area contributed by atoms with Crippen LogP contribution in [-0.2, 0) is 14.8 Å². The van der Waals surface area contributed by atoms with Gasteiger partial charge >= 0.3 is 0 Å². The standard InChI is InChI=1S/C23H27N3O4S/c1-30-20-8-10-21(11-9-20)31(28,29)25-15-16-2-4-18(5-3-16)23(27)26-19-7-6-17-12-13-24-22(17)14-19/h6-14,16,18,24-25H,2-5,15H2,1H3,(H,26,27). The molecule has 1 saturated carbocycles. The molecule has 1 aliphatic carbocycles. The van der Waals surface area contributed by atoms with Crippen molar-refractivity contribution in [3.05, 3.63) is 54.7 Å². The third-order valence-corrected chi connectivity index (χ3v) is 7.41. The van der Waals surface area contributed by atoms with Gasteiger partial charge in [0.1, 0.15) is 5.75 Å². The average molecular weight is 442 g/mol. The van der Waals surface area contributed by atoms with Crippen molar-refractivity contribution < 1.29 is 17.9 Å². The molecule has 0 radical (unpaired) electrons. The number of sulfonamides is 1. The van der Waals surface area contributed by atoms with E-state index in [0.29, 0.717) is 12.3 Å². The third kappa shape index (κ3) is 5.08. The Hall–Kier alpha value is -2.84. The highest BCUT2D eigenvalue weighted by molar-refractivity contribution is 7.89. The number of nitrogens with one attached hydrogen (secondary N) is 3. The molecular weight excluding hydrogens is 414 g/mol. The number of amides is 1. The second kappa shape index (κ2) is 9.11. The van der Waals surface area contributed by atoms with E-state index in [9.17, 15) is 13.2 Å². The lowest BCUT2D eigenvalue weighted by atomic mass is 9.81. The topological polar surface area (TPSA) is 100 Å². The number of aromatic amines is 1. The first-order chi connectivity index (χ1) is 14.9. The smallest absolute Gasteiger partial charge is 0.240 e. The fourth-order valence-electron chi connectivity index (χ4n) is 4.06. The van der Waals surface area contributed by atoms with E-state index in [1.807, 2.05) is 30.5 Å². The quantitative estimate of drug-likeness (QED) is 0.518. The summed E-state index contributed by atoms with van der Waals surface area (Å²) in [6.45, 7) is 0.381. The van der Waals surface area contributed by atoms with Gasteiger partial charge in [-0.3, -0.25) is 4.79 Å². The monoisotopic (exact) mass is 441 g/mol.